The number of aryl methyl sites for hydroxylation is 1. The van der Waals surface area contributed by atoms with Crippen LogP contribution in [0.25, 0.3) is 0 Å². The summed E-state index contributed by atoms with van der Waals surface area (Å²) in [5.41, 5.74) is 2.81. The van der Waals surface area contributed by atoms with Crippen molar-refractivity contribution in [1.82, 2.24) is 5.32 Å². The average Bonchev–Trinajstić information content (AvgIpc) is 2.32. The van der Waals surface area contributed by atoms with E-state index in [1.807, 2.05) is 0 Å². The lowest BCUT2D eigenvalue weighted by Gasteiger charge is -2.18. The van der Waals surface area contributed by atoms with Crippen LogP contribution in [-0.4, -0.2) is 26.8 Å². The van der Waals surface area contributed by atoms with Crippen LogP contribution >= 0.6 is 0 Å². The molecule has 0 spiro atoms. The van der Waals surface area contributed by atoms with Crippen molar-refractivity contribution in [3.05, 3.63) is 35.4 Å². The summed E-state index contributed by atoms with van der Waals surface area (Å²) < 4.78 is 5.33. The van der Waals surface area contributed by atoms with Gasteiger partial charge in [-0.05, 0) is 42.9 Å². The summed E-state index contributed by atoms with van der Waals surface area (Å²) in [6, 6.07) is 8.62. The van der Waals surface area contributed by atoms with Crippen LogP contribution in [0.4, 0.5) is 0 Å². The Labute approximate surface area is 112 Å². The van der Waals surface area contributed by atoms with E-state index in [2.05, 4.69) is 50.4 Å². The van der Waals surface area contributed by atoms with Crippen LogP contribution in [0.5, 0.6) is 0 Å². The summed E-state index contributed by atoms with van der Waals surface area (Å²) in [6.45, 7) is 9.58. The Balaban J connectivity index is 2.49. The van der Waals surface area contributed by atoms with Crippen LogP contribution < -0.4 is 5.32 Å². The number of benzene rings is 1. The zero-order valence-electron chi connectivity index (χ0n) is 12.2. The molecule has 0 saturated carbocycles. The largest absolute Gasteiger partial charge is 0.384 e. The number of hydrogen-bond donors (Lipinski definition) is 1. The molecule has 1 aromatic carbocycles. The molecule has 0 saturated heterocycles. The zero-order chi connectivity index (χ0) is 13.4. The van der Waals surface area contributed by atoms with E-state index >= 15 is 0 Å². The number of nitrogens with one attached hydrogen (secondary N) is 1. The first-order valence-corrected chi connectivity index (χ1v) is 6.87. The summed E-state index contributed by atoms with van der Waals surface area (Å²) in [7, 11) is 1.79. The Morgan fingerprint density at radius 3 is 2.50 bits per heavy atom. The molecule has 0 aliphatic rings. The third kappa shape index (κ3) is 5.65. The van der Waals surface area contributed by atoms with Gasteiger partial charge >= 0.3 is 0 Å². The molecule has 102 valence electrons. The van der Waals surface area contributed by atoms with Gasteiger partial charge in [0.25, 0.3) is 0 Å². The monoisotopic (exact) mass is 249 g/mol. The van der Waals surface area contributed by atoms with Crippen LogP contribution in [0.1, 0.15) is 25.0 Å². The Kier molecular flexibility index (Phi) is 6.99. The molecule has 0 aliphatic carbocycles. The predicted octanol–water partition coefficient (Wildman–Crippen LogP) is 3.05. The van der Waals surface area contributed by atoms with E-state index in [1.165, 1.54) is 11.1 Å². The summed E-state index contributed by atoms with van der Waals surface area (Å²) in [4.78, 5) is 0. The molecule has 2 nitrogen and oxygen atoms in total. The normalized spacial score (nSPS) is 12.9. The van der Waals surface area contributed by atoms with Gasteiger partial charge in [-0.1, -0.05) is 38.1 Å². The average molecular weight is 249 g/mol. The Hall–Kier alpha value is -0.860. The fourth-order valence-corrected chi connectivity index (χ4v) is 2.15. The lowest BCUT2D eigenvalue weighted by molar-refractivity contribution is 0.150. The summed E-state index contributed by atoms with van der Waals surface area (Å²) >= 11 is 0. The van der Waals surface area contributed by atoms with Gasteiger partial charge < -0.3 is 10.1 Å². The molecule has 1 N–H and O–H groups in total. The smallest absolute Gasteiger partial charge is 0.0505 e. The maximum Gasteiger partial charge on any atom is 0.0505 e. The highest BCUT2D eigenvalue weighted by Gasteiger charge is 2.10. The van der Waals surface area contributed by atoms with E-state index in [0.717, 1.165) is 26.1 Å². The lowest BCUT2D eigenvalue weighted by Crippen LogP contribution is -2.30. The Bertz CT molecular complexity index is 336. The molecular formula is C16H27NO. The van der Waals surface area contributed by atoms with Crippen molar-refractivity contribution in [1.29, 1.82) is 0 Å². The highest BCUT2D eigenvalue weighted by molar-refractivity contribution is 5.25. The van der Waals surface area contributed by atoms with Crippen LogP contribution in [-0.2, 0) is 11.2 Å². The van der Waals surface area contributed by atoms with Gasteiger partial charge in [-0.15, -0.1) is 0 Å². The van der Waals surface area contributed by atoms with Crippen molar-refractivity contribution in [2.75, 3.05) is 26.8 Å². The number of rotatable bonds is 8. The molecule has 1 atom stereocenters. The predicted molar refractivity (Wildman–Crippen MR) is 78.0 cm³/mol. The Morgan fingerprint density at radius 2 is 1.89 bits per heavy atom. The topological polar surface area (TPSA) is 21.3 Å². The highest BCUT2D eigenvalue weighted by atomic mass is 16.5. The van der Waals surface area contributed by atoms with Crippen LogP contribution in [0.15, 0.2) is 24.3 Å². The van der Waals surface area contributed by atoms with Gasteiger partial charge in [-0.3, -0.25) is 0 Å². The quantitative estimate of drug-likeness (QED) is 0.764. The van der Waals surface area contributed by atoms with Crippen molar-refractivity contribution >= 4 is 0 Å². The fraction of sp³-hybridized carbons (Fsp3) is 0.625. The zero-order valence-corrected chi connectivity index (χ0v) is 12.2. The van der Waals surface area contributed by atoms with E-state index in [1.54, 1.807) is 7.11 Å². The number of methoxy groups -OCH3 is 1. The maximum absolute atomic E-state index is 5.33. The minimum atomic E-state index is 0.551. The van der Waals surface area contributed by atoms with Gasteiger partial charge in [0, 0.05) is 13.7 Å². The van der Waals surface area contributed by atoms with Crippen molar-refractivity contribution in [3.63, 3.8) is 0 Å². The van der Waals surface area contributed by atoms with Gasteiger partial charge in [-0.2, -0.15) is 0 Å². The molecule has 0 heterocycles. The third-order valence-corrected chi connectivity index (χ3v) is 3.16. The molecule has 0 aliphatic heterocycles. The van der Waals surface area contributed by atoms with E-state index in [4.69, 9.17) is 4.74 Å². The minimum absolute atomic E-state index is 0.551. The van der Waals surface area contributed by atoms with Gasteiger partial charge in [-0.25, -0.2) is 0 Å². The number of ether oxygens (including phenoxy) is 1. The van der Waals surface area contributed by atoms with E-state index < -0.39 is 0 Å². The molecule has 0 aromatic heterocycles. The first-order valence-electron chi connectivity index (χ1n) is 6.87. The third-order valence-electron chi connectivity index (χ3n) is 3.16. The van der Waals surface area contributed by atoms with E-state index in [-0.39, 0.29) is 0 Å². The van der Waals surface area contributed by atoms with Gasteiger partial charge in [0.2, 0.25) is 0 Å². The standard InChI is InChI=1S/C16H27NO/c1-13(2)10-17-11-15(12-18-4)9-16-8-6-5-7-14(16)3/h5-8,13,15,17H,9-12H2,1-4H3. The Morgan fingerprint density at radius 1 is 1.17 bits per heavy atom. The molecule has 0 radical (unpaired) electrons. The van der Waals surface area contributed by atoms with Crippen LogP contribution in [0, 0.1) is 18.8 Å². The molecular weight excluding hydrogens is 222 g/mol. The summed E-state index contributed by atoms with van der Waals surface area (Å²) in [6.07, 6.45) is 1.09. The van der Waals surface area contributed by atoms with Gasteiger partial charge in [0.15, 0.2) is 0 Å². The maximum atomic E-state index is 5.33. The van der Waals surface area contributed by atoms with Gasteiger partial charge in [0.05, 0.1) is 6.61 Å². The molecule has 1 unspecified atom stereocenters. The molecule has 1 rings (SSSR count). The van der Waals surface area contributed by atoms with Crippen LogP contribution in [0.3, 0.4) is 0 Å². The minimum Gasteiger partial charge on any atom is -0.384 e. The SMILES string of the molecule is COCC(CNCC(C)C)Cc1ccccc1C. The summed E-state index contributed by atoms with van der Waals surface area (Å²) in [5, 5.41) is 3.53. The van der Waals surface area contributed by atoms with Gasteiger partial charge in [0.1, 0.15) is 0 Å². The molecule has 0 bridgehead atoms. The molecule has 0 fully saturated rings. The van der Waals surface area contributed by atoms with Crippen molar-refractivity contribution in [2.45, 2.75) is 27.2 Å². The number of hydrogen-bond acceptors (Lipinski definition) is 2. The first-order chi connectivity index (χ1) is 8.63. The fourth-order valence-electron chi connectivity index (χ4n) is 2.15. The molecule has 0 amide bonds. The second kappa shape index (κ2) is 8.28. The van der Waals surface area contributed by atoms with Crippen LogP contribution in [0.2, 0.25) is 0 Å². The lowest BCUT2D eigenvalue weighted by atomic mass is 9.96. The van der Waals surface area contributed by atoms with E-state index in [9.17, 15) is 0 Å². The molecule has 18 heavy (non-hydrogen) atoms. The molecule has 1 aromatic rings. The van der Waals surface area contributed by atoms with Crippen molar-refractivity contribution < 1.29 is 4.74 Å². The first kappa shape index (κ1) is 15.2. The van der Waals surface area contributed by atoms with Crippen molar-refractivity contribution in [3.8, 4) is 0 Å². The second-order valence-electron chi connectivity index (χ2n) is 5.50. The van der Waals surface area contributed by atoms with Crippen molar-refractivity contribution in [2.24, 2.45) is 11.8 Å². The molecule has 2 heteroatoms. The van der Waals surface area contributed by atoms with E-state index in [0.29, 0.717) is 11.8 Å². The highest BCUT2D eigenvalue weighted by Crippen LogP contribution is 2.13. The second-order valence-corrected chi connectivity index (χ2v) is 5.50. The summed E-state index contributed by atoms with van der Waals surface area (Å²) in [5.74, 6) is 1.25.